The molecule has 1 N–H and O–H groups in total. The van der Waals surface area contributed by atoms with Crippen molar-refractivity contribution in [3.8, 4) is 11.5 Å². The highest BCUT2D eigenvalue weighted by Gasteiger charge is 2.34. The van der Waals surface area contributed by atoms with Crippen LogP contribution in [0.5, 0.6) is 0 Å². The maximum atomic E-state index is 13.3. The van der Waals surface area contributed by atoms with E-state index in [1.165, 1.54) is 6.20 Å². The lowest BCUT2D eigenvalue weighted by molar-refractivity contribution is -0.141. The number of anilines is 1. The van der Waals surface area contributed by atoms with Gasteiger partial charge in [0.15, 0.2) is 11.5 Å². The summed E-state index contributed by atoms with van der Waals surface area (Å²) in [4.78, 5) is 11.9. The van der Waals surface area contributed by atoms with Crippen LogP contribution in [-0.4, -0.2) is 36.2 Å². The Hall–Kier alpha value is -2.03. The summed E-state index contributed by atoms with van der Waals surface area (Å²) >= 11 is 0. The zero-order valence-corrected chi connectivity index (χ0v) is 15.7. The highest BCUT2D eigenvalue weighted by Crippen LogP contribution is 2.31. The fraction of sp³-hybridized carbons (Fsp3) is 0.500. The van der Waals surface area contributed by atoms with E-state index in [-0.39, 0.29) is 28.6 Å². The lowest BCUT2D eigenvalue weighted by atomic mass is 9.95. The van der Waals surface area contributed by atoms with Crippen LogP contribution in [-0.2, 0) is 17.0 Å². The molecule has 0 radical (unpaired) electrons. The summed E-state index contributed by atoms with van der Waals surface area (Å²) in [7, 11) is -0.907. The third kappa shape index (κ3) is 5.03. The summed E-state index contributed by atoms with van der Waals surface area (Å²) in [6.07, 6.45) is 0.139. The molecule has 0 bridgehead atoms. The molecule has 9 heteroatoms. The van der Waals surface area contributed by atoms with Crippen LogP contribution in [0.4, 0.5) is 19.0 Å². The zero-order valence-electron chi connectivity index (χ0n) is 14.9. The van der Waals surface area contributed by atoms with E-state index in [0.717, 1.165) is 25.3 Å². The van der Waals surface area contributed by atoms with E-state index in [0.29, 0.717) is 12.2 Å². The minimum absolute atomic E-state index is 0.0631. The van der Waals surface area contributed by atoms with Crippen molar-refractivity contribution >= 4 is 16.6 Å². The number of hydrogen-bond donors (Lipinski definition) is 1. The van der Waals surface area contributed by atoms with Crippen LogP contribution in [0.25, 0.3) is 11.5 Å². The number of hydrogen-bond acceptors (Lipinski definition) is 5. The summed E-state index contributed by atoms with van der Waals surface area (Å²) in [5.74, 6) is 0.635. The van der Waals surface area contributed by atoms with Gasteiger partial charge < -0.3 is 5.32 Å². The van der Waals surface area contributed by atoms with Crippen molar-refractivity contribution < 1.29 is 17.4 Å². The highest BCUT2D eigenvalue weighted by molar-refractivity contribution is 7.85. The smallest absolute Gasteiger partial charge is 0.367 e. The summed E-state index contributed by atoms with van der Waals surface area (Å²) < 4.78 is 51.9. The van der Waals surface area contributed by atoms with E-state index in [2.05, 4.69) is 20.3 Å². The Morgan fingerprint density at radius 1 is 1.26 bits per heavy atom. The second kappa shape index (κ2) is 8.33. The third-order valence-corrected chi connectivity index (χ3v) is 6.29. The summed E-state index contributed by atoms with van der Waals surface area (Å²) in [5.41, 5.74) is -0.731. The molecule has 0 saturated heterocycles. The van der Waals surface area contributed by atoms with Crippen molar-refractivity contribution in [2.24, 2.45) is 0 Å². The number of nitrogens with one attached hydrogen (secondary N) is 1. The Labute approximate surface area is 158 Å². The Kier molecular flexibility index (Phi) is 6.08. The molecular weight excluding hydrogens is 377 g/mol. The van der Waals surface area contributed by atoms with Gasteiger partial charge in [0.2, 0.25) is 0 Å². The van der Waals surface area contributed by atoms with Gasteiger partial charge in [-0.2, -0.15) is 13.2 Å². The molecule has 3 rings (SSSR count). The van der Waals surface area contributed by atoms with Crippen molar-refractivity contribution in [2.45, 2.75) is 50.1 Å². The molecule has 1 aliphatic rings. The van der Waals surface area contributed by atoms with Gasteiger partial charge in [-0.05, 0) is 31.4 Å². The quantitative estimate of drug-likeness (QED) is 0.823. The molecule has 0 spiro atoms. The predicted octanol–water partition coefficient (Wildman–Crippen LogP) is 4.05. The van der Waals surface area contributed by atoms with Crippen molar-refractivity contribution in [3.63, 3.8) is 0 Å². The lowest BCUT2D eigenvalue weighted by Gasteiger charge is -2.29. The lowest BCUT2D eigenvalue weighted by Crippen LogP contribution is -2.33. The molecule has 5 nitrogen and oxygen atoms in total. The second-order valence-electron chi connectivity index (χ2n) is 6.47. The molecule has 0 amide bonds. The zero-order chi connectivity index (χ0) is 19.4. The Bertz CT molecular complexity index is 801. The maximum absolute atomic E-state index is 13.3. The second-order valence-corrected chi connectivity index (χ2v) is 8.48. The Balaban J connectivity index is 1.87. The van der Waals surface area contributed by atoms with Crippen LogP contribution in [0.2, 0.25) is 0 Å². The van der Waals surface area contributed by atoms with Crippen molar-refractivity contribution in [1.82, 2.24) is 15.0 Å². The highest BCUT2D eigenvalue weighted by atomic mass is 32.2. The number of alkyl halides is 3. The first-order chi connectivity index (χ1) is 12.9. The average Bonchev–Trinajstić information content (AvgIpc) is 2.67. The van der Waals surface area contributed by atoms with Crippen LogP contribution in [0.15, 0.2) is 30.5 Å². The molecule has 1 saturated carbocycles. The number of aromatic nitrogens is 3. The van der Waals surface area contributed by atoms with Crippen LogP contribution >= 0.6 is 0 Å². The van der Waals surface area contributed by atoms with Gasteiger partial charge in [-0.25, -0.2) is 9.97 Å². The van der Waals surface area contributed by atoms with Gasteiger partial charge in [0.05, 0.1) is 0 Å². The summed E-state index contributed by atoms with van der Waals surface area (Å²) in [6.45, 7) is 1.88. The molecule has 3 unspecified atom stereocenters. The molecule has 1 fully saturated rings. The van der Waals surface area contributed by atoms with Crippen LogP contribution in [0, 0.1) is 0 Å². The van der Waals surface area contributed by atoms with Gasteiger partial charge in [-0.1, -0.05) is 19.4 Å². The minimum Gasteiger partial charge on any atom is -0.367 e. The van der Waals surface area contributed by atoms with Gasteiger partial charge in [0.1, 0.15) is 11.5 Å². The molecule has 2 aromatic rings. The summed E-state index contributed by atoms with van der Waals surface area (Å²) in [6, 6.07) is 5.77. The number of rotatable bonds is 5. The van der Waals surface area contributed by atoms with Crippen LogP contribution < -0.4 is 5.32 Å². The number of pyridine rings is 1. The minimum atomic E-state index is -4.58. The Morgan fingerprint density at radius 2 is 2.07 bits per heavy atom. The van der Waals surface area contributed by atoms with E-state index < -0.39 is 22.7 Å². The van der Waals surface area contributed by atoms with E-state index in [1.54, 1.807) is 18.2 Å². The van der Waals surface area contributed by atoms with Gasteiger partial charge >= 0.3 is 6.18 Å². The molecule has 146 valence electrons. The Morgan fingerprint density at radius 3 is 2.74 bits per heavy atom. The van der Waals surface area contributed by atoms with E-state index in [9.17, 15) is 17.4 Å². The molecule has 0 aliphatic heterocycles. The first-order valence-electron chi connectivity index (χ1n) is 8.88. The van der Waals surface area contributed by atoms with E-state index >= 15 is 0 Å². The van der Waals surface area contributed by atoms with Gasteiger partial charge in [-0.15, -0.1) is 0 Å². The molecule has 0 aromatic carbocycles. The standard InChI is InChI=1S/C18H21F3N4OS/c1-2-27(26)13-7-5-6-12(10-13)23-16-11-15(18(19,20)21)24-17(25-16)14-8-3-4-9-22-14/h3-4,8-9,11-13H,2,5-7,10H2,1H3,(H,23,24,25). The molecule has 3 atom stereocenters. The number of halogens is 3. The fourth-order valence-electron chi connectivity index (χ4n) is 3.24. The van der Waals surface area contributed by atoms with Crippen molar-refractivity contribution in [1.29, 1.82) is 0 Å². The largest absolute Gasteiger partial charge is 0.433 e. The summed E-state index contributed by atoms with van der Waals surface area (Å²) in [5, 5.41) is 3.17. The first-order valence-corrected chi connectivity index (χ1v) is 10.3. The van der Waals surface area contributed by atoms with Crippen molar-refractivity contribution in [3.05, 3.63) is 36.2 Å². The fourth-order valence-corrected chi connectivity index (χ4v) is 4.58. The molecule has 2 aromatic heterocycles. The number of nitrogens with zero attached hydrogens (tertiary/aromatic N) is 3. The topological polar surface area (TPSA) is 67.8 Å². The third-order valence-electron chi connectivity index (χ3n) is 4.54. The van der Waals surface area contributed by atoms with Gasteiger partial charge in [-0.3, -0.25) is 9.19 Å². The molecule has 27 heavy (non-hydrogen) atoms. The van der Waals surface area contributed by atoms with E-state index in [4.69, 9.17) is 0 Å². The normalized spacial score (nSPS) is 21.6. The molecule has 1 aliphatic carbocycles. The van der Waals surface area contributed by atoms with E-state index in [1.807, 2.05) is 6.92 Å². The first kappa shape index (κ1) is 19.7. The van der Waals surface area contributed by atoms with Gasteiger partial charge in [0.25, 0.3) is 0 Å². The van der Waals surface area contributed by atoms with Gasteiger partial charge in [0, 0.05) is 40.1 Å². The average molecular weight is 398 g/mol. The van der Waals surface area contributed by atoms with Crippen LogP contribution in [0.1, 0.15) is 38.3 Å². The molecule has 2 heterocycles. The van der Waals surface area contributed by atoms with Crippen molar-refractivity contribution in [2.75, 3.05) is 11.1 Å². The SMILES string of the molecule is CCS(=O)C1CCCC(Nc2cc(C(F)(F)F)nc(-c3ccccn3)n2)C1. The van der Waals surface area contributed by atoms with Crippen LogP contribution in [0.3, 0.4) is 0 Å². The predicted molar refractivity (Wildman–Crippen MR) is 98.6 cm³/mol. The monoisotopic (exact) mass is 398 g/mol. The maximum Gasteiger partial charge on any atom is 0.433 e. The molecular formula is C18H21F3N4OS.